The highest BCUT2D eigenvalue weighted by atomic mass is 35.5. The lowest BCUT2D eigenvalue weighted by Gasteiger charge is -2.34. The van der Waals surface area contributed by atoms with Crippen LogP contribution in [0.4, 0.5) is 5.69 Å². The van der Waals surface area contributed by atoms with Crippen molar-refractivity contribution in [3.63, 3.8) is 0 Å². The highest BCUT2D eigenvalue weighted by molar-refractivity contribution is 6.31. The Labute approximate surface area is 217 Å². The summed E-state index contributed by atoms with van der Waals surface area (Å²) in [5.41, 5.74) is 1.33. The Bertz CT molecular complexity index is 1660. The van der Waals surface area contributed by atoms with Crippen molar-refractivity contribution in [1.29, 1.82) is 0 Å². The van der Waals surface area contributed by atoms with Crippen LogP contribution in [-0.2, 0) is 21.6 Å². The number of anilines is 1. The number of rotatable bonds is 5. The molecule has 6 rings (SSSR count). The highest BCUT2D eigenvalue weighted by Gasteiger charge is 2.64. The molecule has 0 radical (unpaired) electrons. The van der Waals surface area contributed by atoms with E-state index in [1.807, 2.05) is 43.3 Å². The fourth-order valence-corrected chi connectivity index (χ4v) is 5.77. The van der Waals surface area contributed by atoms with Gasteiger partial charge in [-0.3, -0.25) is 14.4 Å². The lowest BCUT2D eigenvalue weighted by atomic mass is 9.84. The molecule has 0 bridgehead atoms. The number of halogens is 1. The lowest BCUT2D eigenvalue weighted by Crippen LogP contribution is -2.54. The van der Waals surface area contributed by atoms with E-state index >= 15 is 0 Å². The minimum absolute atomic E-state index is 0.0209. The van der Waals surface area contributed by atoms with Gasteiger partial charge in [0.1, 0.15) is 5.58 Å². The van der Waals surface area contributed by atoms with Gasteiger partial charge in [0.2, 0.25) is 5.76 Å². The SMILES string of the molecule is COCCN1C(=O)c2oc3ccc(Cl)cc3c(=O)c2C12C(=O)N(Cc1cccc(C)c1)c1ccccc12. The molecule has 37 heavy (non-hydrogen) atoms. The van der Waals surface area contributed by atoms with Gasteiger partial charge in [0.25, 0.3) is 11.8 Å². The second-order valence-electron chi connectivity index (χ2n) is 9.33. The van der Waals surface area contributed by atoms with Crippen LogP contribution in [0.25, 0.3) is 11.0 Å². The standard InChI is InChI=1S/C29H23ClN2O5/c1-17-6-5-7-18(14-17)16-31-22-9-4-3-8-21(22)29(28(31)35)24-25(33)20-15-19(30)10-11-23(20)37-26(24)27(34)32(29)12-13-36-2/h3-11,14-15H,12-13,16H2,1-2H3. The predicted molar refractivity (Wildman–Crippen MR) is 140 cm³/mol. The first-order chi connectivity index (χ1) is 17.9. The van der Waals surface area contributed by atoms with Crippen LogP contribution < -0.4 is 10.3 Å². The molecule has 1 atom stereocenters. The number of carbonyl (C=O) groups excluding carboxylic acids is 2. The summed E-state index contributed by atoms with van der Waals surface area (Å²) >= 11 is 6.20. The Kier molecular flexibility index (Phi) is 5.44. The molecule has 3 aromatic carbocycles. The van der Waals surface area contributed by atoms with Gasteiger partial charge in [0.05, 0.1) is 29.8 Å². The van der Waals surface area contributed by atoms with Gasteiger partial charge in [-0.25, -0.2) is 0 Å². The van der Waals surface area contributed by atoms with Crippen molar-refractivity contribution in [1.82, 2.24) is 4.90 Å². The molecule has 3 heterocycles. The smallest absolute Gasteiger partial charge is 0.291 e. The quantitative estimate of drug-likeness (QED) is 0.387. The van der Waals surface area contributed by atoms with Gasteiger partial charge in [-0.15, -0.1) is 0 Å². The Balaban J connectivity index is 1.65. The van der Waals surface area contributed by atoms with E-state index in [9.17, 15) is 14.4 Å². The molecule has 0 saturated heterocycles. The van der Waals surface area contributed by atoms with Crippen molar-refractivity contribution in [2.45, 2.75) is 19.0 Å². The molecule has 0 fully saturated rings. The number of benzene rings is 3. The Morgan fingerprint density at radius 1 is 1.00 bits per heavy atom. The molecule has 1 spiro atoms. The van der Waals surface area contributed by atoms with Crippen LogP contribution in [0, 0.1) is 6.92 Å². The van der Waals surface area contributed by atoms with E-state index in [-0.39, 0.29) is 47.9 Å². The van der Waals surface area contributed by atoms with Crippen LogP contribution in [0.1, 0.15) is 32.8 Å². The Morgan fingerprint density at radius 2 is 1.81 bits per heavy atom. The largest absolute Gasteiger partial charge is 0.450 e. The van der Waals surface area contributed by atoms with Crippen LogP contribution in [-0.4, -0.2) is 37.0 Å². The first-order valence-corrected chi connectivity index (χ1v) is 12.3. The predicted octanol–water partition coefficient (Wildman–Crippen LogP) is 4.65. The normalized spacial score (nSPS) is 18.2. The molecule has 186 valence electrons. The summed E-state index contributed by atoms with van der Waals surface area (Å²) < 4.78 is 11.3. The molecule has 2 aliphatic heterocycles. The fraction of sp³-hybridized carbons (Fsp3) is 0.207. The van der Waals surface area contributed by atoms with Crippen molar-refractivity contribution < 1.29 is 18.7 Å². The van der Waals surface area contributed by atoms with Gasteiger partial charge in [-0.1, -0.05) is 59.6 Å². The first-order valence-electron chi connectivity index (χ1n) is 11.9. The number of hydrogen-bond donors (Lipinski definition) is 0. The number of ether oxygens (including phenoxy) is 1. The molecule has 1 aromatic heterocycles. The maximum absolute atomic E-state index is 14.6. The molecular formula is C29H23ClN2O5. The maximum atomic E-state index is 14.6. The van der Waals surface area contributed by atoms with Gasteiger partial charge >= 0.3 is 0 Å². The second-order valence-corrected chi connectivity index (χ2v) is 9.77. The minimum Gasteiger partial charge on any atom is -0.450 e. The molecule has 0 aliphatic carbocycles. The summed E-state index contributed by atoms with van der Waals surface area (Å²) in [6, 6.07) is 19.9. The van der Waals surface area contributed by atoms with Crippen LogP contribution in [0.5, 0.6) is 0 Å². The number of para-hydroxylation sites is 1. The summed E-state index contributed by atoms with van der Waals surface area (Å²) in [7, 11) is 1.52. The summed E-state index contributed by atoms with van der Waals surface area (Å²) in [5.74, 6) is -1.04. The molecule has 2 aliphatic rings. The average Bonchev–Trinajstić information content (AvgIpc) is 3.28. The summed E-state index contributed by atoms with van der Waals surface area (Å²) in [6.45, 7) is 2.54. The third-order valence-corrected chi connectivity index (χ3v) is 7.38. The van der Waals surface area contributed by atoms with E-state index in [2.05, 4.69) is 0 Å². The summed E-state index contributed by atoms with van der Waals surface area (Å²) in [6.07, 6.45) is 0. The molecule has 4 aromatic rings. The average molecular weight is 515 g/mol. The second kappa shape index (κ2) is 8.57. The van der Waals surface area contributed by atoms with Crippen LogP contribution in [0.2, 0.25) is 5.02 Å². The number of nitrogens with zero attached hydrogens (tertiary/aromatic N) is 2. The number of amides is 2. The molecule has 2 amide bonds. The summed E-state index contributed by atoms with van der Waals surface area (Å²) in [5, 5.41) is 0.572. The van der Waals surface area contributed by atoms with Crippen molar-refractivity contribution in [2.24, 2.45) is 0 Å². The number of hydrogen-bond acceptors (Lipinski definition) is 5. The Hall–Kier alpha value is -3.94. The number of methoxy groups -OCH3 is 1. The van der Waals surface area contributed by atoms with E-state index in [0.717, 1.165) is 11.1 Å². The Morgan fingerprint density at radius 3 is 2.59 bits per heavy atom. The zero-order valence-corrected chi connectivity index (χ0v) is 21.0. The van der Waals surface area contributed by atoms with Gasteiger partial charge in [-0.2, -0.15) is 0 Å². The van der Waals surface area contributed by atoms with E-state index < -0.39 is 16.9 Å². The molecule has 0 N–H and O–H groups in total. The monoisotopic (exact) mass is 514 g/mol. The zero-order valence-electron chi connectivity index (χ0n) is 20.3. The van der Waals surface area contributed by atoms with Gasteiger partial charge in [0, 0.05) is 24.2 Å². The van der Waals surface area contributed by atoms with E-state index in [1.165, 1.54) is 18.1 Å². The first kappa shape index (κ1) is 23.5. The van der Waals surface area contributed by atoms with E-state index in [0.29, 0.717) is 16.3 Å². The highest BCUT2D eigenvalue weighted by Crippen LogP contribution is 2.52. The fourth-order valence-electron chi connectivity index (χ4n) is 5.60. The van der Waals surface area contributed by atoms with Gasteiger partial charge in [-0.05, 0) is 36.8 Å². The third-order valence-electron chi connectivity index (χ3n) is 7.14. The number of fused-ring (bicyclic) bond motifs is 5. The minimum atomic E-state index is -1.68. The van der Waals surface area contributed by atoms with Gasteiger partial charge < -0.3 is 19.0 Å². The van der Waals surface area contributed by atoms with Gasteiger partial charge in [0.15, 0.2) is 11.0 Å². The van der Waals surface area contributed by atoms with Crippen LogP contribution >= 0.6 is 11.6 Å². The third kappa shape index (κ3) is 3.27. The molecule has 1 unspecified atom stereocenters. The van der Waals surface area contributed by atoms with E-state index in [4.69, 9.17) is 20.8 Å². The lowest BCUT2D eigenvalue weighted by molar-refractivity contribution is -0.126. The van der Waals surface area contributed by atoms with E-state index in [1.54, 1.807) is 29.2 Å². The topological polar surface area (TPSA) is 80.1 Å². The summed E-state index contributed by atoms with van der Waals surface area (Å²) in [4.78, 5) is 45.6. The zero-order chi connectivity index (χ0) is 25.9. The van der Waals surface area contributed by atoms with Crippen molar-refractivity contribution in [3.8, 4) is 0 Å². The van der Waals surface area contributed by atoms with Crippen LogP contribution in [0.3, 0.4) is 0 Å². The number of carbonyl (C=O) groups is 2. The molecule has 0 saturated carbocycles. The molecule has 8 heteroatoms. The molecule has 7 nitrogen and oxygen atoms in total. The maximum Gasteiger partial charge on any atom is 0.291 e. The van der Waals surface area contributed by atoms with Crippen LogP contribution in [0.15, 0.2) is 75.9 Å². The van der Waals surface area contributed by atoms with Crippen molar-refractivity contribution in [3.05, 3.63) is 110 Å². The van der Waals surface area contributed by atoms with Crippen molar-refractivity contribution in [2.75, 3.05) is 25.2 Å². The molecular weight excluding hydrogens is 492 g/mol. The number of aryl methyl sites for hydroxylation is 1. The van der Waals surface area contributed by atoms with Crippen molar-refractivity contribution >= 4 is 40.1 Å².